The fourth-order valence-corrected chi connectivity index (χ4v) is 5.03. The number of carbonyl (C=O) groups is 4. The number of methoxy groups -OCH3 is 1. The number of amides is 5. The molecule has 170 valence electrons. The summed E-state index contributed by atoms with van der Waals surface area (Å²) in [4.78, 5) is 53.3. The first-order valence-electron chi connectivity index (χ1n) is 10.8. The summed E-state index contributed by atoms with van der Waals surface area (Å²) < 4.78 is 5.28. The number of carbonyl (C=O) groups excluding carboxylic acids is 4. The van der Waals surface area contributed by atoms with E-state index in [1.54, 1.807) is 43.5 Å². The summed E-state index contributed by atoms with van der Waals surface area (Å²) in [6.45, 7) is -0.643. The first-order chi connectivity index (χ1) is 15.9. The molecular weight excluding hydrogens is 426 g/mol. The highest BCUT2D eigenvalue weighted by molar-refractivity contribution is 6.21. The SMILES string of the molecule is COc1ccc2c(c1)CCC[C@]21NC(=O)N(C[C@H](O)CN2C(=O)c3ccccc3C2=O)C1=O. The van der Waals surface area contributed by atoms with Crippen LogP contribution in [0.25, 0.3) is 0 Å². The van der Waals surface area contributed by atoms with E-state index in [0.29, 0.717) is 18.6 Å². The summed E-state index contributed by atoms with van der Waals surface area (Å²) in [5, 5.41) is 13.5. The second kappa shape index (κ2) is 7.70. The molecule has 9 nitrogen and oxygen atoms in total. The molecule has 5 amide bonds. The number of urea groups is 1. The van der Waals surface area contributed by atoms with Crippen molar-refractivity contribution in [2.75, 3.05) is 20.2 Å². The van der Waals surface area contributed by atoms with Crippen LogP contribution in [-0.4, -0.2) is 65.0 Å². The van der Waals surface area contributed by atoms with Crippen molar-refractivity contribution in [3.05, 3.63) is 64.7 Å². The highest BCUT2D eigenvalue weighted by Gasteiger charge is 2.54. The van der Waals surface area contributed by atoms with Crippen molar-refractivity contribution in [2.45, 2.75) is 30.9 Å². The molecule has 2 aromatic carbocycles. The van der Waals surface area contributed by atoms with E-state index in [4.69, 9.17) is 4.74 Å². The summed E-state index contributed by atoms with van der Waals surface area (Å²) >= 11 is 0. The maximum atomic E-state index is 13.4. The third kappa shape index (κ3) is 3.19. The molecule has 9 heteroatoms. The smallest absolute Gasteiger partial charge is 0.325 e. The van der Waals surface area contributed by atoms with Gasteiger partial charge in [-0.1, -0.05) is 18.2 Å². The fourth-order valence-electron chi connectivity index (χ4n) is 5.03. The largest absolute Gasteiger partial charge is 0.497 e. The van der Waals surface area contributed by atoms with Gasteiger partial charge in [0.1, 0.15) is 11.3 Å². The topological polar surface area (TPSA) is 116 Å². The molecule has 0 saturated carbocycles. The van der Waals surface area contributed by atoms with Crippen molar-refractivity contribution < 1.29 is 29.0 Å². The molecule has 1 aliphatic carbocycles. The third-order valence-corrected chi connectivity index (χ3v) is 6.61. The van der Waals surface area contributed by atoms with Gasteiger partial charge in [0.25, 0.3) is 17.7 Å². The number of hydrogen-bond acceptors (Lipinski definition) is 6. The number of ether oxygens (including phenoxy) is 1. The van der Waals surface area contributed by atoms with Crippen LogP contribution in [0.4, 0.5) is 4.79 Å². The van der Waals surface area contributed by atoms with Gasteiger partial charge in [0.05, 0.1) is 37.4 Å². The number of benzene rings is 2. The summed E-state index contributed by atoms with van der Waals surface area (Å²) in [6, 6.07) is 11.2. The minimum atomic E-state index is -1.28. The van der Waals surface area contributed by atoms with Crippen molar-refractivity contribution in [3.8, 4) is 5.75 Å². The zero-order chi connectivity index (χ0) is 23.3. The molecule has 33 heavy (non-hydrogen) atoms. The third-order valence-electron chi connectivity index (χ3n) is 6.61. The number of aliphatic hydroxyl groups is 1. The Hall–Kier alpha value is -3.72. The lowest BCUT2D eigenvalue weighted by atomic mass is 9.76. The van der Waals surface area contributed by atoms with Gasteiger partial charge in [0, 0.05) is 0 Å². The first-order valence-corrected chi connectivity index (χ1v) is 10.8. The Morgan fingerprint density at radius 2 is 1.70 bits per heavy atom. The maximum absolute atomic E-state index is 13.4. The van der Waals surface area contributed by atoms with Crippen LogP contribution in [0.1, 0.15) is 44.7 Å². The Morgan fingerprint density at radius 3 is 2.36 bits per heavy atom. The Labute approximate surface area is 189 Å². The van der Waals surface area contributed by atoms with Gasteiger partial charge in [0.15, 0.2) is 0 Å². The van der Waals surface area contributed by atoms with Gasteiger partial charge in [-0.3, -0.25) is 24.2 Å². The average Bonchev–Trinajstić information content (AvgIpc) is 3.19. The van der Waals surface area contributed by atoms with Crippen LogP contribution in [-0.2, 0) is 16.8 Å². The van der Waals surface area contributed by atoms with Crippen molar-refractivity contribution in [1.82, 2.24) is 15.1 Å². The predicted molar refractivity (Wildman–Crippen MR) is 116 cm³/mol. The minimum absolute atomic E-state index is 0.276. The van der Waals surface area contributed by atoms with Gasteiger partial charge in [-0.25, -0.2) is 4.79 Å². The van der Waals surface area contributed by atoms with Gasteiger partial charge < -0.3 is 15.2 Å². The van der Waals surface area contributed by atoms with Crippen molar-refractivity contribution in [2.24, 2.45) is 0 Å². The number of rotatable bonds is 5. The second-order valence-electron chi connectivity index (χ2n) is 8.55. The summed E-state index contributed by atoms with van der Waals surface area (Å²) in [5.41, 5.74) is 1.02. The van der Waals surface area contributed by atoms with Crippen molar-refractivity contribution >= 4 is 23.8 Å². The summed E-state index contributed by atoms with van der Waals surface area (Å²) in [7, 11) is 1.57. The first kappa shape index (κ1) is 21.1. The van der Waals surface area contributed by atoms with Crippen LogP contribution in [0, 0.1) is 0 Å². The number of fused-ring (bicyclic) bond motifs is 3. The van der Waals surface area contributed by atoms with E-state index >= 15 is 0 Å². The predicted octanol–water partition coefficient (Wildman–Crippen LogP) is 1.44. The lowest BCUT2D eigenvalue weighted by molar-refractivity contribution is -0.133. The highest BCUT2D eigenvalue weighted by atomic mass is 16.5. The molecule has 0 unspecified atom stereocenters. The number of β-amino-alcohol motifs (C(OH)–C–C–N with tert-alkyl or cyclic N) is 1. The monoisotopic (exact) mass is 449 g/mol. The molecule has 2 aliphatic heterocycles. The Bertz CT molecular complexity index is 1160. The number of nitrogens with zero attached hydrogens (tertiary/aromatic N) is 2. The quantitative estimate of drug-likeness (QED) is 0.527. The molecule has 1 fully saturated rings. The van der Waals surface area contributed by atoms with Crippen molar-refractivity contribution in [3.63, 3.8) is 0 Å². The fraction of sp³-hybridized carbons (Fsp3) is 0.333. The number of imide groups is 2. The van der Waals surface area contributed by atoms with Crippen molar-refractivity contribution in [1.29, 1.82) is 0 Å². The summed E-state index contributed by atoms with van der Waals surface area (Å²) in [6.07, 6.45) is 0.635. The van der Waals surface area contributed by atoms with Gasteiger partial charge in [-0.15, -0.1) is 0 Å². The van der Waals surface area contributed by atoms with Gasteiger partial charge in [-0.2, -0.15) is 0 Å². The molecule has 5 rings (SSSR count). The summed E-state index contributed by atoms with van der Waals surface area (Å²) in [5.74, 6) is -0.771. The average molecular weight is 449 g/mol. The molecule has 2 aromatic rings. The number of nitrogens with one attached hydrogen (secondary N) is 1. The van der Waals surface area contributed by atoms with E-state index in [2.05, 4.69) is 5.32 Å². The molecule has 3 aliphatic rings. The van der Waals surface area contributed by atoms with E-state index < -0.39 is 35.4 Å². The highest BCUT2D eigenvalue weighted by Crippen LogP contribution is 2.41. The lowest BCUT2D eigenvalue weighted by Gasteiger charge is -2.33. The molecule has 2 heterocycles. The van der Waals surface area contributed by atoms with E-state index in [9.17, 15) is 24.3 Å². The van der Waals surface area contributed by atoms with Gasteiger partial charge >= 0.3 is 6.03 Å². The molecule has 0 radical (unpaired) electrons. The van der Waals surface area contributed by atoms with Crippen LogP contribution in [0.3, 0.4) is 0 Å². The number of aliphatic hydroxyl groups excluding tert-OH is 1. The van der Waals surface area contributed by atoms with E-state index in [-0.39, 0.29) is 24.2 Å². The second-order valence-corrected chi connectivity index (χ2v) is 8.55. The van der Waals surface area contributed by atoms with Crippen LogP contribution >= 0.6 is 0 Å². The molecule has 1 spiro atoms. The number of aryl methyl sites for hydroxylation is 1. The number of hydrogen-bond donors (Lipinski definition) is 2. The van der Waals surface area contributed by atoms with E-state index in [0.717, 1.165) is 27.3 Å². The van der Waals surface area contributed by atoms with Crippen LogP contribution < -0.4 is 10.1 Å². The Kier molecular flexibility index (Phi) is 4.93. The zero-order valence-electron chi connectivity index (χ0n) is 18.0. The van der Waals surface area contributed by atoms with E-state index in [1.165, 1.54) is 0 Å². The molecule has 2 atom stereocenters. The Balaban J connectivity index is 1.34. The van der Waals surface area contributed by atoms with Crippen LogP contribution in [0.15, 0.2) is 42.5 Å². The van der Waals surface area contributed by atoms with Gasteiger partial charge in [-0.05, 0) is 54.7 Å². The normalized spacial score (nSPS) is 22.5. The molecule has 2 N–H and O–H groups in total. The molecule has 0 aromatic heterocycles. The van der Waals surface area contributed by atoms with Crippen LogP contribution in [0.2, 0.25) is 0 Å². The zero-order valence-corrected chi connectivity index (χ0v) is 18.0. The van der Waals surface area contributed by atoms with Gasteiger partial charge in [0.2, 0.25) is 0 Å². The maximum Gasteiger partial charge on any atom is 0.325 e. The molecule has 1 saturated heterocycles. The molecule has 0 bridgehead atoms. The molecular formula is C24H23N3O6. The van der Waals surface area contributed by atoms with Crippen LogP contribution in [0.5, 0.6) is 5.75 Å². The minimum Gasteiger partial charge on any atom is -0.497 e. The Morgan fingerprint density at radius 1 is 1.03 bits per heavy atom. The van der Waals surface area contributed by atoms with E-state index in [1.807, 2.05) is 6.07 Å². The lowest BCUT2D eigenvalue weighted by Crippen LogP contribution is -2.48. The standard InChI is InChI=1S/C24H23N3O6/c1-33-16-8-9-19-14(11-16)5-4-10-24(19)22(31)27(23(32)25-24)13-15(28)12-26-20(29)17-6-2-3-7-18(17)21(26)30/h2-3,6-9,11,15,28H,4-5,10,12-13H2,1H3,(H,25,32)/t15-,24+/m1/s1.